The molecule has 0 saturated carbocycles. The summed E-state index contributed by atoms with van der Waals surface area (Å²) in [4.78, 5) is 0. The van der Waals surface area contributed by atoms with Crippen molar-refractivity contribution in [2.75, 3.05) is 6.54 Å². The molecule has 1 aromatic carbocycles. The lowest BCUT2D eigenvalue weighted by Gasteiger charge is -2.40. The van der Waals surface area contributed by atoms with Crippen molar-refractivity contribution in [2.24, 2.45) is 11.3 Å². The summed E-state index contributed by atoms with van der Waals surface area (Å²) < 4.78 is 0. The van der Waals surface area contributed by atoms with Crippen LogP contribution in [0.1, 0.15) is 45.3 Å². The lowest BCUT2D eigenvalue weighted by Crippen LogP contribution is -2.45. The van der Waals surface area contributed by atoms with Crippen LogP contribution in [0.15, 0.2) is 30.3 Å². The maximum Gasteiger partial charge on any atom is 0.0943 e. The van der Waals surface area contributed by atoms with Crippen LogP contribution in [0.3, 0.4) is 0 Å². The maximum absolute atomic E-state index is 10.5. The third-order valence-corrected chi connectivity index (χ3v) is 4.18. The van der Waals surface area contributed by atoms with Crippen molar-refractivity contribution in [3.05, 3.63) is 35.9 Å². The molecule has 0 spiro atoms. The molecule has 100 valence electrons. The summed E-state index contributed by atoms with van der Waals surface area (Å²) in [5.41, 5.74) is 1.35. The third kappa shape index (κ3) is 3.12. The summed E-state index contributed by atoms with van der Waals surface area (Å²) in [6.07, 6.45) is 1.87. The third-order valence-electron chi connectivity index (χ3n) is 4.18. The minimum absolute atomic E-state index is 0.186. The molecule has 1 aliphatic heterocycles. The Kier molecular flexibility index (Phi) is 4.08. The molecule has 18 heavy (non-hydrogen) atoms. The fourth-order valence-corrected chi connectivity index (χ4v) is 2.86. The molecule has 1 unspecified atom stereocenters. The molecular formula is C16H25NO. The predicted octanol–water partition coefficient (Wildman–Crippen LogP) is 3.13. The molecule has 1 fully saturated rings. The van der Waals surface area contributed by atoms with Crippen LogP contribution in [-0.4, -0.2) is 17.7 Å². The van der Waals surface area contributed by atoms with Crippen LogP contribution in [0.2, 0.25) is 0 Å². The Bertz CT molecular complexity index is 368. The zero-order valence-electron chi connectivity index (χ0n) is 11.7. The molecule has 2 nitrogen and oxygen atoms in total. The number of aliphatic hydroxyl groups is 1. The number of benzene rings is 1. The van der Waals surface area contributed by atoms with Crippen LogP contribution in [0, 0.1) is 11.3 Å². The van der Waals surface area contributed by atoms with E-state index < -0.39 is 6.10 Å². The lowest BCUT2D eigenvalue weighted by molar-refractivity contribution is 0.0705. The van der Waals surface area contributed by atoms with Gasteiger partial charge in [0.2, 0.25) is 0 Å². The quantitative estimate of drug-likeness (QED) is 0.841. The standard InChI is InChI=1S/C16H25NO/c1-16(2,3)13-9-10-17-14(11-13)15(18)12-7-5-4-6-8-12/h4-8,13-15,17-18H,9-11H2,1-3H3/t13-,14+,15?/m0/s1. The first-order valence-electron chi connectivity index (χ1n) is 6.95. The predicted molar refractivity (Wildman–Crippen MR) is 75.4 cm³/mol. The Hall–Kier alpha value is -0.860. The highest BCUT2D eigenvalue weighted by molar-refractivity contribution is 5.19. The van der Waals surface area contributed by atoms with Gasteiger partial charge in [-0.25, -0.2) is 0 Å². The number of hydrogen-bond acceptors (Lipinski definition) is 2. The van der Waals surface area contributed by atoms with Crippen LogP contribution >= 0.6 is 0 Å². The number of hydrogen-bond donors (Lipinski definition) is 2. The molecule has 2 rings (SSSR count). The highest BCUT2D eigenvalue weighted by Gasteiger charge is 2.33. The van der Waals surface area contributed by atoms with Crippen molar-refractivity contribution in [3.8, 4) is 0 Å². The minimum atomic E-state index is -0.392. The van der Waals surface area contributed by atoms with E-state index in [0.717, 1.165) is 18.5 Å². The summed E-state index contributed by atoms with van der Waals surface area (Å²) in [6, 6.07) is 10.2. The van der Waals surface area contributed by atoms with Gasteiger partial charge in [-0.05, 0) is 36.3 Å². The molecule has 0 bridgehead atoms. The summed E-state index contributed by atoms with van der Waals surface area (Å²) >= 11 is 0. The molecule has 3 atom stereocenters. The SMILES string of the molecule is CC(C)(C)[C@H]1CCN[C@@H](C(O)c2ccccc2)C1. The number of rotatable bonds is 2. The van der Waals surface area contributed by atoms with Crippen molar-refractivity contribution >= 4 is 0 Å². The molecule has 1 heterocycles. The summed E-state index contributed by atoms with van der Waals surface area (Å²) in [5.74, 6) is 0.683. The maximum atomic E-state index is 10.5. The van der Waals surface area contributed by atoms with Crippen LogP contribution in [0.4, 0.5) is 0 Å². The van der Waals surface area contributed by atoms with E-state index >= 15 is 0 Å². The fourth-order valence-electron chi connectivity index (χ4n) is 2.86. The first-order chi connectivity index (χ1) is 8.48. The van der Waals surface area contributed by atoms with Crippen molar-refractivity contribution in [2.45, 2.75) is 45.8 Å². The van der Waals surface area contributed by atoms with E-state index in [4.69, 9.17) is 0 Å². The largest absolute Gasteiger partial charge is 0.387 e. The van der Waals surface area contributed by atoms with E-state index in [2.05, 4.69) is 26.1 Å². The van der Waals surface area contributed by atoms with E-state index in [-0.39, 0.29) is 6.04 Å². The van der Waals surface area contributed by atoms with Crippen molar-refractivity contribution < 1.29 is 5.11 Å². The van der Waals surface area contributed by atoms with Gasteiger partial charge >= 0.3 is 0 Å². The average Bonchev–Trinajstić information content (AvgIpc) is 2.38. The second kappa shape index (κ2) is 5.41. The lowest BCUT2D eigenvalue weighted by atomic mass is 9.72. The second-order valence-corrected chi connectivity index (χ2v) is 6.50. The van der Waals surface area contributed by atoms with E-state index in [1.807, 2.05) is 30.3 Å². The Morgan fingerprint density at radius 3 is 2.50 bits per heavy atom. The van der Waals surface area contributed by atoms with E-state index in [9.17, 15) is 5.11 Å². The molecule has 0 aliphatic carbocycles. The van der Waals surface area contributed by atoms with E-state index in [1.165, 1.54) is 6.42 Å². The number of aliphatic hydroxyl groups excluding tert-OH is 1. The minimum Gasteiger partial charge on any atom is -0.387 e. The first kappa shape index (κ1) is 13.6. The molecular weight excluding hydrogens is 222 g/mol. The molecule has 1 aromatic rings. The van der Waals surface area contributed by atoms with Gasteiger partial charge in [0.25, 0.3) is 0 Å². The number of piperidine rings is 1. The number of nitrogens with one attached hydrogen (secondary N) is 1. The van der Waals surface area contributed by atoms with Crippen LogP contribution < -0.4 is 5.32 Å². The van der Waals surface area contributed by atoms with Gasteiger partial charge < -0.3 is 10.4 Å². The monoisotopic (exact) mass is 247 g/mol. The normalized spacial score (nSPS) is 26.9. The Morgan fingerprint density at radius 2 is 1.89 bits per heavy atom. The molecule has 0 aromatic heterocycles. The first-order valence-corrected chi connectivity index (χ1v) is 6.95. The smallest absolute Gasteiger partial charge is 0.0943 e. The average molecular weight is 247 g/mol. The summed E-state index contributed by atoms with van der Waals surface area (Å²) in [7, 11) is 0. The van der Waals surface area contributed by atoms with Gasteiger partial charge in [-0.15, -0.1) is 0 Å². The van der Waals surface area contributed by atoms with Crippen molar-refractivity contribution in [1.29, 1.82) is 0 Å². The van der Waals surface area contributed by atoms with Gasteiger partial charge in [0.1, 0.15) is 0 Å². The van der Waals surface area contributed by atoms with Crippen LogP contribution in [0.5, 0.6) is 0 Å². The van der Waals surface area contributed by atoms with E-state index in [0.29, 0.717) is 11.3 Å². The van der Waals surface area contributed by atoms with Gasteiger partial charge in [0, 0.05) is 6.04 Å². The zero-order valence-corrected chi connectivity index (χ0v) is 11.7. The Morgan fingerprint density at radius 1 is 1.22 bits per heavy atom. The van der Waals surface area contributed by atoms with Crippen molar-refractivity contribution in [1.82, 2.24) is 5.32 Å². The second-order valence-electron chi connectivity index (χ2n) is 6.50. The fraction of sp³-hybridized carbons (Fsp3) is 0.625. The van der Waals surface area contributed by atoms with Gasteiger partial charge in [0.15, 0.2) is 0 Å². The molecule has 2 N–H and O–H groups in total. The molecule has 2 heteroatoms. The van der Waals surface area contributed by atoms with Crippen LogP contribution in [0.25, 0.3) is 0 Å². The van der Waals surface area contributed by atoms with Gasteiger partial charge in [-0.1, -0.05) is 51.1 Å². The molecule has 1 saturated heterocycles. The summed E-state index contributed by atoms with van der Waals surface area (Å²) in [5, 5.41) is 13.9. The van der Waals surface area contributed by atoms with Crippen LogP contribution in [-0.2, 0) is 0 Å². The zero-order chi connectivity index (χ0) is 13.2. The molecule has 0 radical (unpaired) electrons. The van der Waals surface area contributed by atoms with E-state index in [1.54, 1.807) is 0 Å². The highest BCUT2D eigenvalue weighted by Crippen LogP contribution is 2.36. The molecule has 1 aliphatic rings. The van der Waals surface area contributed by atoms with Gasteiger partial charge in [-0.3, -0.25) is 0 Å². The topological polar surface area (TPSA) is 32.3 Å². The van der Waals surface area contributed by atoms with Crippen molar-refractivity contribution in [3.63, 3.8) is 0 Å². The highest BCUT2D eigenvalue weighted by atomic mass is 16.3. The summed E-state index contributed by atoms with van der Waals surface area (Å²) in [6.45, 7) is 7.91. The Balaban J connectivity index is 2.05. The van der Waals surface area contributed by atoms with Gasteiger partial charge in [-0.2, -0.15) is 0 Å². The molecule has 0 amide bonds. The Labute approximate surface area is 110 Å². The van der Waals surface area contributed by atoms with Gasteiger partial charge in [0.05, 0.1) is 6.10 Å².